The van der Waals surface area contributed by atoms with Gasteiger partial charge in [0, 0.05) is 23.4 Å². The Kier molecular flexibility index (Phi) is 3.28. The van der Waals surface area contributed by atoms with Gasteiger partial charge in [0.25, 0.3) is 0 Å². The fourth-order valence-corrected chi connectivity index (χ4v) is 3.06. The molecule has 0 aromatic carbocycles. The van der Waals surface area contributed by atoms with Gasteiger partial charge in [-0.1, -0.05) is 11.6 Å². The zero-order chi connectivity index (χ0) is 17.1. The molecule has 1 aliphatic rings. The molecule has 3 aromatic heterocycles. The molecule has 0 amide bonds. The van der Waals surface area contributed by atoms with Crippen LogP contribution in [0.3, 0.4) is 0 Å². The van der Waals surface area contributed by atoms with Crippen molar-refractivity contribution in [2.24, 2.45) is 0 Å². The number of rotatable bonds is 2. The molecule has 3 heterocycles. The first-order chi connectivity index (χ1) is 11.3. The van der Waals surface area contributed by atoms with Crippen LogP contribution in [-0.2, 0) is 6.18 Å². The molecule has 9 heteroatoms. The summed E-state index contributed by atoms with van der Waals surface area (Å²) in [5, 5.41) is 3.97. The average molecular weight is 357 g/mol. The summed E-state index contributed by atoms with van der Waals surface area (Å²) in [6, 6.07) is 4.00. The molecule has 2 atom stereocenters. The molecule has 0 aliphatic heterocycles. The number of pyridine rings is 1. The third kappa shape index (κ3) is 2.50. The van der Waals surface area contributed by atoms with Crippen molar-refractivity contribution in [2.75, 3.05) is 0 Å². The van der Waals surface area contributed by atoms with Crippen molar-refractivity contribution in [1.82, 2.24) is 19.6 Å². The van der Waals surface area contributed by atoms with Crippen LogP contribution in [0.5, 0.6) is 0 Å². The van der Waals surface area contributed by atoms with Gasteiger partial charge in [-0.2, -0.15) is 27.2 Å². The second-order valence-electron chi connectivity index (χ2n) is 5.66. The second-order valence-corrected chi connectivity index (χ2v) is 6.04. The highest BCUT2D eigenvalue weighted by Gasteiger charge is 2.43. The number of nitrogens with zero attached hydrogens (tertiary/aromatic N) is 4. The number of hydrogen-bond acceptors (Lipinski definition) is 3. The first kappa shape index (κ1) is 15.3. The Balaban J connectivity index is 1.65. The molecule has 3 aromatic rings. The van der Waals surface area contributed by atoms with Gasteiger partial charge in [-0.25, -0.2) is 4.98 Å². The molecule has 4 rings (SSSR count). The van der Waals surface area contributed by atoms with Gasteiger partial charge >= 0.3 is 6.18 Å². The van der Waals surface area contributed by atoms with Gasteiger partial charge in [0.15, 0.2) is 10.8 Å². The molecule has 0 N–H and O–H groups in total. The number of imidazole rings is 1. The molecule has 1 aliphatic carbocycles. The highest BCUT2D eigenvalue weighted by Crippen LogP contribution is 2.55. The summed E-state index contributed by atoms with van der Waals surface area (Å²) in [6.07, 6.45) is -1.85. The van der Waals surface area contributed by atoms with Gasteiger partial charge in [-0.15, -0.1) is 0 Å². The van der Waals surface area contributed by atoms with E-state index in [4.69, 9.17) is 11.6 Å². The summed E-state index contributed by atoms with van der Waals surface area (Å²) in [7, 11) is 0. The summed E-state index contributed by atoms with van der Waals surface area (Å²) in [6.45, 7) is 0. The van der Waals surface area contributed by atoms with Gasteiger partial charge < -0.3 is 0 Å². The van der Waals surface area contributed by atoms with Crippen LogP contribution in [0.15, 0.2) is 30.6 Å². The van der Waals surface area contributed by atoms with Crippen molar-refractivity contribution in [2.45, 2.75) is 24.4 Å². The smallest absolute Gasteiger partial charge is 0.260 e. The summed E-state index contributed by atoms with van der Waals surface area (Å²) < 4.78 is 52.4. The van der Waals surface area contributed by atoms with E-state index in [9.17, 15) is 17.6 Å². The monoisotopic (exact) mass is 356 g/mol. The number of alkyl halides is 3. The summed E-state index contributed by atoms with van der Waals surface area (Å²) in [5.74, 6) is -0.702. The van der Waals surface area contributed by atoms with Crippen molar-refractivity contribution >= 4 is 17.2 Å². The van der Waals surface area contributed by atoms with Crippen LogP contribution < -0.4 is 0 Å². The maximum atomic E-state index is 13.6. The minimum atomic E-state index is -4.41. The van der Waals surface area contributed by atoms with Gasteiger partial charge in [-0.05, 0) is 30.5 Å². The van der Waals surface area contributed by atoms with Gasteiger partial charge in [0.1, 0.15) is 0 Å². The lowest BCUT2D eigenvalue weighted by atomic mass is 10.1. The van der Waals surface area contributed by atoms with Gasteiger partial charge in [0.2, 0.25) is 5.95 Å². The Labute approximate surface area is 138 Å². The van der Waals surface area contributed by atoms with E-state index in [1.54, 1.807) is 6.07 Å². The van der Waals surface area contributed by atoms with Crippen LogP contribution in [0, 0.1) is 5.95 Å². The first-order valence-corrected chi connectivity index (χ1v) is 7.45. The number of fused-ring (bicyclic) bond motifs is 1. The Bertz CT molecular complexity index is 920. The van der Waals surface area contributed by atoms with Gasteiger partial charge in [-0.3, -0.25) is 4.98 Å². The van der Waals surface area contributed by atoms with E-state index in [-0.39, 0.29) is 17.0 Å². The van der Waals surface area contributed by atoms with Crippen LogP contribution in [0.2, 0.25) is 5.15 Å². The fraction of sp³-hybridized carbons (Fsp3) is 0.267. The molecule has 1 saturated carbocycles. The third-order valence-electron chi connectivity index (χ3n) is 4.11. The molecule has 0 saturated heterocycles. The zero-order valence-corrected chi connectivity index (χ0v) is 12.7. The predicted molar refractivity (Wildman–Crippen MR) is 77.3 cm³/mol. The van der Waals surface area contributed by atoms with Crippen molar-refractivity contribution in [1.29, 1.82) is 0 Å². The summed E-state index contributed by atoms with van der Waals surface area (Å²) in [4.78, 5) is 7.91. The number of halogens is 5. The first-order valence-electron chi connectivity index (χ1n) is 7.07. The van der Waals surface area contributed by atoms with Crippen molar-refractivity contribution < 1.29 is 17.6 Å². The quantitative estimate of drug-likeness (QED) is 0.646. The van der Waals surface area contributed by atoms with Crippen molar-refractivity contribution in [3.8, 4) is 0 Å². The van der Waals surface area contributed by atoms with E-state index < -0.39 is 17.7 Å². The zero-order valence-electron chi connectivity index (χ0n) is 11.9. The molecule has 1 fully saturated rings. The van der Waals surface area contributed by atoms with Gasteiger partial charge in [0.05, 0.1) is 11.8 Å². The van der Waals surface area contributed by atoms with Crippen molar-refractivity contribution in [3.05, 3.63) is 58.5 Å². The van der Waals surface area contributed by atoms with E-state index >= 15 is 0 Å². The highest BCUT2D eigenvalue weighted by atomic mass is 35.5. The largest absolute Gasteiger partial charge is 0.417 e. The third-order valence-corrected chi connectivity index (χ3v) is 4.29. The molecule has 24 heavy (non-hydrogen) atoms. The average Bonchev–Trinajstić information content (AvgIpc) is 3.24. The molecule has 0 radical (unpaired) electrons. The lowest BCUT2D eigenvalue weighted by molar-refractivity contribution is -0.137. The maximum absolute atomic E-state index is 13.6. The lowest BCUT2D eigenvalue weighted by Gasteiger charge is -2.07. The molecular formula is C15H9ClF4N4. The Hall–Kier alpha value is -2.22. The second kappa shape index (κ2) is 5.14. The number of aromatic nitrogens is 4. The minimum absolute atomic E-state index is 0.0287. The Morgan fingerprint density at radius 1 is 1.12 bits per heavy atom. The SMILES string of the molecule is Fc1cnc2c([C@H]3CC3c3ccc(C(F)(F)F)cn3)cc(Cl)nn12. The minimum Gasteiger partial charge on any atom is -0.260 e. The molecule has 0 bridgehead atoms. The molecular weight excluding hydrogens is 348 g/mol. The number of hydrogen-bond donors (Lipinski definition) is 0. The molecule has 0 spiro atoms. The van der Waals surface area contributed by atoms with E-state index in [0.29, 0.717) is 23.3 Å². The van der Waals surface area contributed by atoms with E-state index in [0.717, 1.165) is 23.0 Å². The topological polar surface area (TPSA) is 43.1 Å². The predicted octanol–water partition coefficient (Wildman–Crippen LogP) is 4.21. The molecule has 1 unspecified atom stereocenters. The molecule has 124 valence electrons. The maximum Gasteiger partial charge on any atom is 0.417 e. The standard InChI is InChI=1S/C15H9ClF4N4/c16-12-4-10(14-22-6-13(17)24(14)23-12)8-3-9(8)11-2-1-7(5-21-11)15(18,19)20/h1-2,4-6,8-9H,3H2/t8-,9?/m0/s1. The summed E-state index contributed by atoms with van der Waals surface area (Å²) in [5.41, 5.74) is 0.848. The van der Waals surface area contributed by atoms with E-state index in [1.165, 1.54) is 6.07 Å². The van der Waals surface area contributed by atoms with Crippen molar-refractivity contribution in [3.63, 3.8) is 0 Å². The van der Waals surface area contributed by atoms with Crippen LogP contribution in [0.25, 0.3) is 5.65 Å². The highest BCUT2D eigenvalue weighted by molar-refractivity contribution is 6.29. The van der Waals surface area contributed by atoms with E-state index in [1.807, 2.05) is 0 Å². The fourth-order valence-electron chi connectivity index (χ4n) is 2.86. The summed E-state index contributed by atoms with van der Waals surface area (Å²) >= 11 is 5.92. The van der Waals surface area contributed by atoms with Crippen LogP contribution in [0.1, 0.15) is 35.1 Å². The molecule has 4 nitrogen and oxygen atoms in total. The van der Waals surface area contributed by atoms with E-state index in [2.05, 4.69) is 15.1 Å². The Morgan fingerprint density at radius 2 is 1.92 bits per heavy atom. The normalized spacial score (nSPS) is 20.5. The van der Waals surface area contributed by atoms with Crippen LogP contribution in [0.4, 0.5) is 17.6 Å². The lowest BCUT2D eigenvalue weighted by Crippen LogP contribution is -2.05. The Morgan fingerprint density at radius 3 is 2.58 bits per heavy atom. The van der Waals surface area contributed by atoms with Crippen LogP contribution in [-0.4, -0.2) is 19.6 Å². The van der Waals surface area contributed by atoms with Crippen LogP contribution >= 0.6 is 11.6 Å².